The molecule has 0 saturated heterocycles. The Morgan fingerprint density at radius 1 is 0.654 bits per heavy atom. The number of hydrogen-bond acceptors (Lipinski definition) is 6. The lowest BCUT2D eigenvalue weighted by Crippen LogP contribution is -2.45. The summed E-state index contributed by atoms with van der Waals surface area (Å²) in [4.78, 5) is 25.2. The van der Waals surface area contributed by atoms with Crippen LogP contribution in [0, 0.1) is 0 Å². The van der Waals surface area contributed by atoms with Crippen molar-refractivity contribution in [1.29, 1.82) is 0 Å². The van der Waals surface area contributed by atoms with E-state index in [4.69, 9.17) is 9.05 Å². The largest absolute Gasteiger partial charge is 0.756 e. The second-order valence-electron chi connectivity index (χ2n) is 16.0. The van der Waals surface area contributed by atoms with E-state index in [0.717, 1.165) is 51.4 Å². The predicted molar refractivity (Wildman–Crippen MR) is 219 cm³/mol. The van der Waals surface area contributed by atoms with Gasteiger partial charge in [0.15, 0.2) is 0 Å². The van der Waals surface area contributed by atoms with Crippen LogP contribution in [0.4, 0.5) is 0 Å². The Kier molecular flexibility index (Phi) is 35.0. The van der Waals surface area contributed by atoms with E-state index in [1.165, 1.54) is 122 Å². The first kappa shape index (κ1) is 51.0. The number of amides is 1. The summed E-state index contributed by atoms with van der Waals surface area (Å²) in [6.07, 6.45) is 40.7. The van der Waals surface area contributed by atoms with Crippen LogP contribution in [0.3, 0.4) is 0 Å². The normalized spacial score (nSPS) is 14.7. The number of nitrogens with zero attached hydrogens (tertiary/aromatic N) is 1. The van der Waals surface area contributed by atoms with Gasteiger partial charge in [0.1, 0.15) is 13.2 Å². The number of carbonyl (C=O) groups is 1. The van der Waals surface area contributed by atoms with Crippen molar-refractivity contribution in [3.05, 3.63) is 24.3 Å². The molecule has 0 bridgehead atoms. The highest BCUT2D eigenvalue weighted by Gasteiger charge is 2.23. The first-order valence-corrected chi connectivity index (χ1v) is 23.2. The van der Waals surface area contributed by atoms with Gasteiger partial charge in [0.2, 0.25) is 5.91 Å². The summed E-state index contributed by atoms with van der Waals surface area (Å²) in [6.45, 7) is 4.63. The maximum absolute atomic E-state index is 12.8. The van der Waals surface area contributed by atoms with E-state index in [9.17, 15) is 19.4 Å². The Hall–Kier alpha value is -1.02. The Labute approximate surface area is 322 Å². The molecular formula is C43H85N2O6P. The second-order valence-corrected chi connectivity index (χ2v) is 17.5. The van der Waals surface area contributed by atoms with Crippen molar-refractivity contribution in [1.82, 2.24) is 5.32 Å². The van der Waals surface area contributed by atoms with Crippen LogP contribution in [0.2, 0.25) is 0 Å². The molecule has 0 fully saturated rings. The highest BCUT2D eigenvalue weighted by Crippen LogP contribution is 2.38. The lowest BCUT2D eigenvalue weighted by molar-refractivity contribution is -0.870. The van der Waals surface area contributed by atoms with Crippen molar-refractivity contribution in [3.8, 4) is 0 Å². The summed E-state index contributed by atoms with van der Waals surface area (Å²) in [7, 11) is 1.26. The van der Waals surface area contributed by atoms with E-state index in [1.807, 2.05) is 27.2 Å². The Bertz CT molecular complexity index is 907. The maximum Gasteiger partial charge on any atom is 0.268 e. The van der Waals surface area contributed by atoms with Crippen LogP contribution in [0.25, 0.3) is 0 Å². The van der Waals surface area contributed by atoms with E-state index < -0.39 is 20.0 Å². The number of hydrogen-bond donors (Lipinski definition) is 2. The average molecular weight is 757 g/mol. The number of nitrogens with one attached hydrogen (secondary N) is 1. The van der Waals surface area contributed by atoms with Gasteiger partial charge in [-0.1, -0.05) is 167 Å². The molecule has 0 aliphatic carbocycles. The minimum absolute atomic E-state index is 0.00172. The van der Waals surface area contributed by atoms with Crippen LogP contribution >= 0.6 is 7.82 Å². The summed E-state index contributed by atoms with van der Waals surface area (Å²) in [5.41, 5.74) is 0. The standard InChI is InChI=1S/C43H85N2O6P/c1-6-8-10-12-14-16-18-20-21-22-23-24-25-27-29-31-33-35-37-43(47)44-41(40-51-52(48,49)50-39-38-45(3,4)5)42(46)36-34-32-30-28-26-19-17-15-13-11-9-7-2/h23-24,34,36,41-42,46H,6-22,25-33,35,37-40H2,1-5H3,(H-,44,47,48,49)/b24-23-,36-34+. The van der Waals surface area contributed by atoms with Crippen LogP contribution in [0.1, 0.15) is 194 Å². The smallest absolute Gasteiger partial charge is 0.268 e. The SMILES string of the molecule is CCCCCCCCCCC/C=C\CCCCCCCC(=O)NC(COP(=O)([O-])OCC[N+](C)(C)C)C(O)/C=C/CCCCCCCCCCCC. The van der Waals surface area contributed by atoms with Crippen LogP contribution in [-0.4, -0.2) is 68.5 Å². The molecule has 1 amide bonds. The number of quaternary nitrogens is 1. The third-order valence-electron chi connectivity index (χ3n) is 9.66. The number of rotatable bonds is 39. The fourth-order valence-electron chi connectivity index (χ4n) is 6.15. The minimum atomic E-state index is -4.58. The summed E-state index contributed by atoms with van der Waals surface area (Å²) in [5.74, 6) is -0.207. The lowest BCUT2D eigenvalue weighted by atomic mass is 10.1. The molecule has 8 nitrogen and oxygen atoms in total. The first-order chi connectivity index (χ1) is 25.0. The van der Waals surface area contributed by atoms with Gasteiger partial charge in [-0.3, -0.25) is 9.36 Å². The van der Waals surface area contributed by atoms with Crippen molar-refractivity contribution in [2.24, 2.45) is 0 Å². The molecule has 0 aliphatic heterocycles. The number of phosphoric acid groups is 1. The quantitative estimate of drug-likeness (QED) is 0.0280. The first-order valence-electron chi connectivity index (χ1n) is 21.7. The van der Waals surface area contributed by atoms with Gasteiger partial charge in [-0.25, -0.2) is 0 Å². The van der Waals surface area contributed by atoms with E-state index in [1.54, 1.807) is 6.08 Å². The highest BCUT2D eigenvalue weighted by molar-refractivity contribution is 7.45. The monoisotopic (exact) mass is 757 g/mol. The number of phosphoric ester groups is 1. The van der Waals surface area contributed by atoms with Gasteiger partial charge >= 0.3 is 0 Å². The third-order valence-corrected chi connectivity index (χ3v) is 10.6. The highest BCUT2D eigenvalue weighted by atomic mass is 31.2. The van der Waals surface area contributed by atoms with E-state index in [2.05, 4.69) is 31.3 Å². The lowest BCUT2D eigenvalue weighted by Gasteiger charge is -2.29. The topological polar surface area (TPSA) is 108 Å². The predicted octanol–water partition coefficient (Wildman–Crippen LogP) is 11.1. The third kappa shape index (κ3) is 37.3. The zero-order valence-electron chi connectivity index (χ0n) is 34.8. The number of carbonyl (C=O) groups excluding carboxylic acids is 1. The van der Waals surface area contributed by atoms with Gasteiger partial charge in [0.05, 0.1) is 39.9 Å². The van der Waals surface area contributed by atoms with Crippen molar-refractivity contribution >= 4 is 13.7 Å². The van der Waals surface area contributed by atoms with Gasteiger partial charge in [-0.05, 0) is 44.9 Å². The van der Waals surface area contributed by atoms with Crippen molar-refractivity contribution in [2.45, 2.75) is 206 Å². The van der Waals surface area contributed by atoms with Crippen LogP contribution in [0.15, 0.2) is 24.3 Å². The molecule has 0 radical (unpaired) electrons. The zero-order valence-corrected chi connectivity index (χ0v) is 35.7. The van der Waals surface area contributed by atoms with E-state index in [0.29, 0.717) is 17.4 Å². The molecule has 0 aromatic rings. The molecule has 9 heteroatoms. The van der Waals surface area contributed by atoms with Crippen molar-refractivity contribution in [2.75, 3.05) is 40.9 Å². The molecule has 0 aromatic heterocycles. The molecule has 0 heterocycles. The molecule has 0 rings (SSSR count). The Morgan fingerprint density at radius 3 is 1.50 bits per heavy atom. The van der Waals surface area contributed by atoms with Gasteiger partial charge in [-0.2, -0.15) is 0 Å². The number of likely N-dealkylation sites (N-methyl/N-ethyl adjacent to an activating group) is 1. The molecule has 52 heavy (non-hydrogen) atoms. The van der Waals surface area contributed by atoms with E-state index in [-0.39, 0.29) is 19.1 Å². The number of aliphatic hydroxyl groups excluding tert-OH is 1. The second kappa shape index (κ2) is 35.7. The molecule has 3 unspecified atom stereocenters. The van der Waals surface area contributed by atoms with Gasteiger partial charge in [0.25, 0.3) is 7.82 Å². The molecule has 0 spiro atoms. The molecule has 2 N–H and O–H groups in total. The summed E-state index contributed by atoms with van der Waals surface area (Å²) in [5, 5.41) is 13.7. The average Bonchev–Trinajstić information content (AvgIpc) is 3.09. The summed E-state index contributed by atoms with van der Waals surface area (Å²) >= 11 is 0. The van der Waals surface area contributed by atoms with Crippen LogP contribution in [-0.2, 0) is 18.4 Å². The Morgan fingerprint density at radius 2 is 1.06 bits per heavy atom. The van der Waals surface area contributed by atoms with Gasteiger partial charge < -0.3 is 28.8 Å². The van der Waals surface area contributed by atoms with E-state index >= 15 is 0 Å². The van der Waals surface area contributed by atoms with Crippen LogP contribution < -0.4 is 10.2 Å². The maximum atomic E-state index is 12.8. The minimum Gasteiger partial charge on any atom is -0.756 e. The molecule has 308 valence electrons. The molecule has 0 aromatic carbocycles. The molecule has 3 atom stereocenters. The molecule has 0 aliphatic rings. The van der Waals surface area contributed by atoms with Gasteiger partial charge in [0, 0.05) is 6.42 Å². The summed E-state index contributed by atoms with van der Waals surface area (Å²) in [6, 6.07) is -0.886. The fraction of sp³-hybridized carbons (Fsp3) is 0.884. The number of aliphatic hydroxyl groups is 1. The van der Waals surface area contributed by atoms with Crippen molar-refractivity contribution < 1.29 is 32.9 Å². The van der Waals surface area contributed by atoms with Crippen LogP contribution in [0.5, 0.6) is 0 Å². The molecule has 0 saturated carbocycles. The zero-order chi connectivity index (χ0) is 38.6. The summed E-state index contributed by atoms with van der Waals surface area (Å²) < 4.78 is 23.1. The number of allylic oxidation sites excluding steroid dienone is 3. The fourth-order valence-corrected chi connectivity index (χ4v) is 6.87. The Balaban J connectivity index is 4.41. The molecular weight excluding hydrogens is 671 g/mol. The number of unbranched alkanes of at least 4 members (excludes halogenated alkanes) is 24. The van der Waals surface area contributed by atoms with Gasteiger partial charge in [-0.15, -0.1) is 0 Å². The van der Waals surface area contributed by atoms with Crippen molar-refractivity contribution in [3.63, 3.8) is 0 Å².